The Morgan fingerprint density at radius 3 is 2.15 bits per heavy atom. The van der Waals surface area contributed by atoms with Crippen molar-refractivity contribution in [2.45, 2.75) is 171 Å². The van der Waals surface area contributed by atoms with Crippen LogP contribution >= 0.6 is 0 Å². The predicted octanol–water partition coefficient (Wildman–Crippen LogP) is 9.32. The van der Waals surface area contributed by atoms with Crippen molar-refractivity contribution >= 4 is 24.1 Å². The molecule has 0 aromatic heterocycles. The molecule has 0 bridgehead atoms. The molecular formula is C47H74N2O5. The number of esters is 1. The monoisotopic (exact) mass is 747 g/mol. The van der Waals surface area contributed by atoms with E-state index in [2.05, 4.69) is 72.2 Å². The molecule has 7 aliphatic rings. The van der Waals surface area contributed by atoms with E-state index in [9.17, 15) is 14.4 Å². The molecule has 4 unspecified atom stereocenters. The number of nitrogens with one attached hydrogen (secondary N) is 1. The standard InChI is InChI=1S/C47H74N2O5/c1-29(2)30-16-21-47(40(53)48-35-26-33(42(35,5)6)39(52)49-24-12-13-25-49)23-22-45(10)32-14-15-34-43(7,8)36(54-37(51)27-41(3,4)28-50)18-19-44(34,9)31(32)17-20-46(45,11)38(30)47/h28,30-36,38H,1,12-27H2,2-11H3,(H,48,53)/t30?,31-,32?,33+,34-,35?,36-,38?,44+,45-,46+,47-/m0/s1. The van der Waals surface area contributed by atoms with Gasteiger partial charge < -0.3 is 19.7 Å². The van der Waals surface area contributed by atoms with Gasteiger partial charge in [0, 0.05) is 35.9 Å². The Hall–Kier alpha value is -2.18. The molecule has 7 rings (SSSR count). The van der Waals surface area contributed by atoms with Crippen molar-refractivity contribution in [3.63, 3.8) is 0 Å². The third-order valence-electron chi connectivity index (χ3n) is 18.9. The summed E-state index contributed by atoms with van der Waals surface area (Å²) < 4.78 is 6.24. The minimum atomic E-state index is -0.711. The molecule has 2 amide bonds. The van der Waals surface area contributed by atoms with Crippen LogP contribution in [0.3, 0.4) is 0 Å². The second-order valence-corrected chi connectivity index (χ2v) is 22.6. The number of aldehydes is 1. The Kier molecular flexibility index (Phi) is 9.77. The summed E-state index contributed by atoms with van der Waals surface area (Å²) in [5, 5.41) is 3.65. The molecule has 0 aromatic carbocycles. The van der Waals surface area contributed by atoms with Crippen LogP contribution in [-0.4, -0.2) is 54.2 Å². The largest absolute Gasteiger partial charge is 0.462 e. The number of ether oxygens (including phenoxy) is 1. The van der Waals surface area contributed by atoms with Crippen LogP contribution in [0.25, 0.3) is 0 Å². The van der Waals surface area contributed by atoms with Gasteiger partial charge in [0.05, 0.1) is 11.8 Å². The molecule has 7 fully saturated rings. The maximum Gasteiger partial charge on any atom is 0.307 e. The maximum atomic E-state index is 15.0. The quantitative estimate of drug-likeness (QED) is 0.152. The first kappa shape index (κ1) is 40.0. The maximum absolute atomic E-state index is 15.0. The van der Waals surface area contributed by atoms with Gasteiger partial charge in [-0.15, -0.1) is 0 Å². The Balaban J connectivity index is 1.11. The molecule has 54 heavy (non-hydrogen) atoms. The molecule has 0 radical (unpaired) electrons. The van der Waals surface area contributed by atoms with Crippen LogP contribution in [-0.2, 0) is 23.9 Å². The van der Waals surface area contributed by atoms with Crippen molar-refractivity contribution in [3.8, 4) is 0 Å². The van der Waals surface area contributed by atoms with E-state index in [-0.39, 0.29) is 69.4 Å². The number of hydrogen-bond donors (Lipinski definition) is 1. The van der Waals surface area contributed by atoms with E-state index in [0.29, 0.717) is 29.6 Å². The summed E-state index contributed by atoms with van der Waals surface area (Å²) in [6, 6.07) is 0.0294. The topological polar surface area (TPSA) is 92.8 Å². The number of rotatable bonds is 8. The first-order valence-corrected chi connectivity index (χ1v) is 22.0. The average Bonchev–Trinajstić information content (AvgIpc) is 3.78. The van der Waals surface area contributed by atoms with Crippen LogP contribution in [0.4, 0.5) is 0 Å². The molecule has 7 nitrogen and oxygen atoms in total. The lowest BCUT2D eigenvalue weighted by molar-refractivity contribution is -0.240. The number of fused-ring (bicyclic) bond motifs is 7. The summed E-state index contributed by atoms with van der Waals surface area (Å²) >= 11 is 0. The highest BCUT2D eigenvalue weighted by molar-refractivity contribution is 5.86. The molecule has 0 spiro atoms. The molecule has 1 aliphatic heterocycles. The van der Waals surface area contributed by atoms with Gasteiger partial charge in [0.15, 0.2) is 0 Å². The zero-order valence-electron chi connectivity index (χ0n) is 35.7. The fraction of sp³-hybridized carbons (Fsp3) is 0.872. The molecular weight excluding hydrogens is 673 g/mol. The summed E-state index contributed by atoms with van der Waals surface area (Å²) in [6.07, 6.45) is 14.4. The van der Waals surface area contributed by atoms with Gasteiger partial charge in [-0.1, -0.05) is 74.5 Å². The van der Waals surface area contributed by atoms with Gasteiger partial charge in [0.25, 0.3) is 0 Å². The van der Waals surface area contributed by atoms with E-state index in [4.69, 9.17) is 4.74 Å². The van der Waals surface area contributed by atoms with Gasteiger partial charge in [0.2, 0.25) is 11.8 Å². The molecule has 302 valence electrons. The molecule has 1 saturated heterocycles. The molecule has 1 N–H and O–H groups in total. The number of carbonyl (C=O) groups excluding carboxylic acids is 4. The fourth-order valence-electron chi connectivity index (χ4n) is 15.4. The number of carbonyl (C=O) groups is 4. The molecule has 7 heteroatoms. The third kappa shape index (κ3) is 5.74. The van der Waals surface area contributed by atoms with Crippen LogP contribution in [0.2, 0.25) is 0 Å². The van der Waals surface area contributed by atoms with Crippen LogP contribution in [0.15, 0.2) is 12.2 Å². The van der Waals surface area contributed by atoms with Crippen molar-refractivity contribution in [2.24, 2.45) is 73.4 Å². The number of nitrogens with zero attached hydrogens (tertiary/aromatic N) is 1. The zero-order chi connectivity index (χ0) is 39.4. The lowest BCUT2D eigenvalue weighted by Gasteiger charge is -2.72. The van der Waals surface area contributed by atoms with Gasteiger partial charge >= 0.3 is 5.97 Å². The third-order valence-corrected chi connectivity index (χ3v) is 18.9. The lowest BCUT2D eigenvalue weighted by Crippen LogP contribution is -2.68. The highest BCUT2D eigenvalue weighted by Crippen LogP contribution is 2.78. The van der Waals surface area contributed by atoms with E-state index < -0.39 is 10.8 Å². The van der Waals surface area contributed by atoms with E-state index in [1.54, 1.807) is 13.8 Å². The fourth-order valence-corrected chi connectivity index (χ4v) is 15.4. The first-order chi connectivity index (χ1) is 25.1. The molecule has 0 aromatic rings. The minimum absolute atomic E-state index is 0.0124. The molecule has 6 aliphatic carbocycles. The summed E-state index contributed by atoms with van der Waals surface area (Å²) in [4.78, 5) is 55.2. The second kappa shape index (κ2) is 13.2. The van der Waals surface area contributed by atoms with Crippen molar-refractivity contribution < 1.29 is 23.9 Å². The SMILES string of the molecule is C=C(C)C1CC[C@]2(C(=O)NC3C[C@H](C(=O)N4CCCC4)C3(C)C)CC[C@@]3(C)C4CC[C@H]5C(C)(C)[C@@H](OC(=O)CC(C)(C)C=O)CC[C@]5(C)[C@H]4CC[C@]3(C)C12. The number of likely N-dealkylation sites (tertiary alicyclic amines) is 1. The van der Waals surface area contributed by atoms with E-state index in [1.165, 1.54) is 18.4 Å². The van der Waals surface area contributed by atoms with Crippen LogP contribution in [0.1, 0.15) is 159 Å². The molecule has 1 heterocycles. The van der Waals surface area contributed by atoms with Gasteiger partial charge in [-0.25, -0.2) is 0 Å². The van der Waals surface area contributed by atoms with Crippen molar-refractivity contribution in [3.05, 3.63) is 12.2 Å². The van der Waals surface area contributed by atoms with Crippen LogP contribution < -0.4 is 5.32 Å². The Morgan fingerprint density at radius 2 is 1.52 bits per heavy atom. The number of amides is 2. The van der Waals surface area contributed by atoms with Gasteiger partial charge in [0.1, 0.15) is 12.4 Å². The smallest absolute Gasteiger partial charge is 0.307 e. The predicted molar refractivity (Wildman–Crippen MR) is 213 cm³/mol. The van der Waals surface area contributed by atoms with Gasteiger partial charge in [-0.3, -0.25) is 14.4 Å². The normalized spacial score (nSPS) is 44.7. The van der Waals surface area contributed by atoms with Crippen LogP contribution in [0.5, 0.6) is 0 Å². The highest BCUT2D eigenvalue weighted by atomic mass is 16.5. The Morgan fingerprint density at radius 1 is 0.833 bits per heavy atom. The summed E-state index contributed by atoms with van der Waals surface area (Å²) in [5.41, 5.74) is 0.0396. The number of allylic oxidation sites excluding steroid dienone is 1. The van der Waals surface area contributed by atoms with Crippen molar-refractivity contribution in [1.29, 1.82) is 0 Å². The van der Waals surface area contributed by atoms with Crippen LogP contribution in [0, 0.1) is 73.4 Å². The Bertz CT molecular complexity index is 1560. The first-order valence-electron chi connectivity index (χ1n) is 22.0. The van der Waals surface area contributed by atoms with Gasteiger partial charge in [-0.2, -0.15) is 0 Å². The van der Waals surface area contributed by atoms with E-state index in [0.717, 1.165) is 90.0 Å². The summed E-state index contributed by atoms with van der Waals surface area (Å²) in [5.74, 6) is 2.55. The molecule has 12 atom stereocenters. The minimum Gasteiger partial charge on any atom is -0.462 e. The zero-order valence-corrected chi connectivity index (χ0v) is 35.7. The van der Waals surface area contributed by atoms with Crippen molar-refractivity contribution in [2.75, 3.05) is 13.1 Å². The average molecular weight is 747 g/mol. The second-order valence-electron chi connectivity index (χ2n) is 22.6. The van der Waals surface area contributed by atoms with E-state index >= 15 is 4.79 Å². The molecule has 6 saturated carbocycles. The summed E-state index contributed by atoms with van der Waals surface area (Å²) in [7, 11) is 0. The summed E-state index contributed by atoms with van der Waals surface area (Å²) in [6.45, 7) is 29.0. The van der Waals surface area contributed by atoms with Crippen molar-refractivity contribution in [1.82, 2.24) is 10.2 Å². The van der Waals surface area contributed by atoms with E-state index in [1.807, 2.05) is 0 Å². The number of hydrogen-bond acceptors (Lipinski definition) is 5. The Labute approximate surface area is 327 Å². The highest BCUT2D eigenvalue weighted by Gasteiger charge is 2.73. The van der Waals surface area contributed by atoms with Gasteiger partial charge in [-0.05, 0) is 142 Å². The lowest BCUT2D eigenvalue weighted by atomic mass is 9.33.